The summed E-state index contributed by atoms with van der Waals surface area (Å²) >= 11 is 0. The lowest BCUT2D eigenvalue weighted by atomic mass is 10.1. The van der Waals surface area contributed by atoms with Crippen LogP contribution in [0, 0.1) is 0 Å². The van der Waals surface area contributed by atoms with Gasteiger partial charge >= 0.3 is 0 Å². The Morgan fingerprint density at radius 2 is 1.79 bits per heavy atom. The maximum absolute atomic E-state index is 13.2. The summed E-state index contributed by atoms with van der Waals surface area (Å²) in [6.07, 6.45) is 3.80. The first-order valence-corrected chi connectivity index (χ1v) is 11.5. The minimum atomic E-state index is -3.81. The number of hydrogen-bond acceptors (Lipinski definition) is 4. The Bertz CT molecular complexity index is 949. The van der Waals surface area contributed by atoms with Crippen molar-refractivity contribution >= 4 is 21.6 Å². The van der Waals surface area contributed by atoms with Crippen LogP contribution >= 0.6 is 0 Å². The highest BCUT2D eigenvalue weighted by molar-refractivity contribution is 7.92. The molecule has 0 bridgehead atoms. The van der Waals surface area contributed by atoms with E-state index in [9.17, 15) is 13.2 Å². The smallest absolute Gasteiger partial charge is 0.261 e. The molecule has 0 atom stereocenters. The molecule has 6 nitrogen and oxygen atoms in total. The van der Waals surface area contributed by atoms with E-state index in [0.29, 0.717) is 17.0 Å². The van der Waals surface area contributed by atoms with Crippen molar-refractivity contribution in [2.24, 2.45) is 0 Å². The molecular formula is C22H28N2O4S. The van der Waals surface area contributed by atoms with Crippen molar-refractivity contribution < 1.29 is 17.9 Å². The number of hydrogen-bond donors (Lipinski definition) is 1. The molecule has 2 aromatic rings. The highest BCUT2D eigenvalue weighted by atomic mass is 32.2. The number of rotatable bonds is 9. The molecule has 29 heavy (non-hydrogen) atoms. The molecule has 1 amide bonds. The second kappa shape index (κ2) is 8.86. The standard InChI is InChI=1S/C22H28N2O4S/c1-4-18(5-2)24(19-11-12-19)22(25)16-7-6-8-21(15-16)29(26,27)23-17-9-13-20(28-3)14-10-17/h6-10,13-15,18-19,23H,4-5,11-12H2,1-3H3. The normalized spacial score (nSPS) is 13.9. The van der Waals surface area contributed by atoms with E-state index in [-0.39, 0.29) is 22.9 Å². The molecule has 0 heterocycles. The maximum atomic E-state index is 13.2. The van der Waals surface area contributed by atoms with Gasteiger partial charge in [-0.2, -0.15) is 0 Å². The van der Waals surface area contributed by atoms with Crippen molar-refractivity contribution in [2.45, 2.75) is 56.5 Å². The summed E-state index contributed by atoms with van der Waals surface area (Å²) < 4.78 is 33.3. The highest BCUT2D eigenvalue weighted by Crippen LogP contribution is 2.32. The van der Waals surface area contributed by atoms with Crippen LogP contribution in [0.2, 0.25) is 0 Å². The summed E-state index contributed by atoms with van der Waals surface area (Å²) in [5.41, 5.74) is 0.834. The van der Waals surface area contributed by atoms with Crippen LogP contribution in [0.3, 0.4) is 0 Å². The summed E-state index contributed by atoms with van der Waals surface area (Å²) in [4.78, 5) is 15.2. The van der Waals surface area contributed by atoms with E-state index in [1.165, 1.54) is 12.1 Å². The number of sulfonamides is 1. The molecule has 0 aliphatic heterocycles. The van der Waals surface area contributed by atoms with E-state index in [4.69, 9.17) is 4.74 Å². The number of anilines is 1. The fourth-order valence-corrected chi connectivity index (χ4v) is 4.59. The fourth-order valence-electron chi connectivity index (χ4n) is 3.48. The summed E-state index contributed by atoms with van der Waals surface area (Å²) in [6.45, 7) is 4.16. The molecule has 1 N–H and O–H groups in total. The lowest BCUT2D eigenvalue weighted by molar-refractivity contribution is 0.0649. The first-order valence-electron chi connectivity index (χ1n) is 9.99. The first kappa shape index (κ1) is 21.2. The van der Waals surface area contributed by atoms with E-state index in [1.807, 2.05) is 4.90 Å². The molecule has 3 rings (SSSR count). The second-order valence-corrected chi connectivity index (χ2v) is 8.96. The molecule has 0 unspecified atom stereocenters. The average Bonchev–Trinajstić information content (AvgIpc) is 3.57. The Hall–Kier alpha value is -2.54. The molecule has 1 fully saturated rings. The summed E-state index contributed by atoms with van der Waals surface area (Å²) in [5, 5.41) is 0. The van der Waals surface area contributed by atoms with Crippen molar-refractivity contribution in [3.8, 4) is 5.75 Å². The van der Waals surface area contributed by atoms with Crippen LogP contribution in [0.4, 0.5) is 5.69 Å². The largest absolute Gasteiger partial charge is 0.497 e. The zero-order valence-corrected chi connectivity index (χ0v) is 17.9. The van der Waals surface area contributed by atoms with Gasteiger partial charge in [-0.05, 0) is 68.1 Å². The van der Waals surface area contributed by atoms with Crippen molar-refractivity contribution in [2.75, 3.05) is 11.8 Å². The molecule has 0 saturated heterocycles. The van der Waals surface area contributed by atoms with Crippen LogP contribution in [0.25, 0.3) is 0 Å². The molecule has 0 aromatic heterocycles. The predicted octanol–water partition coefficient (Wildman–Crippen LogP) is 4.29. The molecule has 0 radical (unpaired) electrons. The van der Waals surface area contributed by atoms with E-state index in [1.54, 1.807) is 43.5 Å². The van der Waals surface area contributed by atoms with Gasteiger partial charge in [-0.1, -0.05) is 19.9 Å². The molecule has 0 spiro atoms. The Kier molecular flexibility index (Phi) is 6.47. The number of amides is 1. The zero-order chi connectivity index (χ0) is 21.0. The minimum absolute atomic E-state index is 0.0689. The van der Waals surface area contributed by atoms with E-state index in [0.717, 1.165) is 25.7 Å². The van der Waals surface area contributed by atoms with Gasteiger partial charge in [0.25, 0.3) is 15.9 Å². The molecule has 156 valence electrons. The quantitative estimate of drug-likeness (QED) is 0.662. The van der Waals surface area contributed by atoms with Gasteiger partial charge in [0.15, 0.2) is 0 Å². The summed E-state index contributed by atoms with van der Waals surface area (Å²) in [6, 6.07) is 13.3. The first-order chi connectivity index (χ1) is 13.9. The van der Waals surface area contributed by atoms with Crippen LogP contribution in [-0.2, 0) is 10.0 Å². The predicted molar refractivity (Wildman–Crippen MR) is 114 cm³/mol. The van der Waals surface area contributed by atoms with Gasteiger partial charge in [0.05, 0.1) is 12.0 Å². The van der Waals surface area contributed by atoms with Crippen LogP contribution in [-0.4, -0.2) is 38.4 Å². The average molecular weight is 417 g/mol. The molecule has 1 saturated carbocycles. The topological polar surface area (TPSA) is 75.7 Å². The van der Waals surface area contributed by atoms with Crippen LogP contribution < -0.4 is 9.46 Å². The number of ether oxygens (including phenoxy) is 1. The lowest BCUT2D eigenvalue weighted by Gasteiger charge is -2.31. The van der Waals surface area contributed by atoms with Gasteiger partial charge in [0.2, 0.25) is 0 Å². The monoisotopic (exact) mass is 416 g/mol. The number of methoxy groups -OCH3 is 1. The zero-order valence-electron chi connectivity index (χ0n) is 17.1. The number of nitrogens with zero attached hydrogens (tertiary/aromatic N) is 1. The number of nitrogens with one attached hydrogen (secondary N) is 1. The molecule has 7 heteroatoms. The molecule has 1 aliphatic carbocycles. The van der Waals surface area contributed by atoms with Crippen LogP contribution in [0.5, 0.6) is 5.75 Å². The van der Waals surface area contributed by atoms with Gasteiger partial charge < -0.3 is 9.64 Å². The summed E-state index contributed by atoms with van der Waals surface area (Å²) in [7, 11) is -2.26. The highest BCUT2D eigenvalue weighted by Gasteiger charge is 2.36. The number of benzene rings is 2. The Morgan fingerprint density at radius 1 is 1.14 bits per heavy atom. The van der Waals surface area contributed by atoms with Gasteiger partial charge in [-0.3, -0.25) is 9.52 Å². The van der Waals surface area contributed by atoms with Crippen molar-refractivity contribution in [3.63, 3.8) is 0 Å². The maximum Gasteiger partial charge on any atom is 0.261 e. The number of carbonyl (C=O) groups is 1. The lowest BCUT2D eigenvalue weighted by Crippen LogP contribution is -2.41. The van der Waals surface area contributed by atoms with Gasteiger partial charge in [0.1, 0.15) is 5.75 Å². The van der Waals surface area contributed by atoms with Crippen molar-refractivity contribution in [3.05, 3.63) is 54.1 Å². The molecule has 1 aliphatic rings. The third-order valence-corrected chi connectivity index (χ3v) is 6.62. The number of carbonyl (C=O) groups excluding carboxylic acids is 1. The van der Waals surface area contributed by atoms with Crippen molar-refractivity contribution in [1.29, 1.82) is 0 Å². The Morgan fingerprint density at radius 3 is 2.34 bits per heavy atom. The molecular weight excluding hydrogens is 388 g/mol. The van der Waals surface area contributed by atoms with E-state index < -0.39 is 10.0 Å². The van der Waals surface area contributed by atoms with E-state index in [2.05, 4.69) is 18.6 Å². The van der Waals surface area contributed by atoms with Crippen LogP contribution in [0.15, 0.2) is 53.4 Å². The van der Waals surface area contributed by atoms with Crippen molar-refractivity contribution in [1.82, 2.24) is 4.90 Å². The Balaban J connectivity index is 1.84. The van der Waals surface area contributed by atoms with Gasteiger partial charge in [-0.15, -0.1) is 0 Å². The van der Waals surface area contributed by atoms with Gasteiger partial charge in [0, 0.05) is 23.3 Å². The molecule has 2 aromatic carbocycles. The summed E-state index contributed by atoms with van der Waals surface area (Å²) in [5.74, 6) is 0.546. The third kappa shape index (κ3) is 4.90. The SMILES string of the molecule is CCC(CC)N(C(=O)c1cccc(S(=O)(=O)Nc2ccc(OC)cc2)c1)C1CC1. The van der Waals surface area contributed by atoms with Crippen LogP contribution in [0.1, 0.15) is 49.9 Å². The Labute approximate surface area is 172 Å². The fraction of sp³-hybridized carbons (Fsp3) is 0.409. The minimum Gasteiger partial charge on any atom is -0.497 e. The third-order valence-electron chi connectivity index (χ3n) is 5.24. The van der Waals surface area contributed by atoms with E-state index >= 15 is 0 Å². The second-order valence-electron chi connectivity index (χ2n) is 7.28. The van der Waals surface area contributed by atoms with Gasteiger partial charge in [-0.25, -0.2) is 8.42 Å².